The van der Waals surface area contributed by atoms with Crippen molar-refractivity contribution in [3.05, 3.63) is 21.9 Å². The zero-order chi connectivity index (χ0) is 12.8. The Balaban J connectivity index is 2.95. The summed E-state index contributed by atoms with van der Waals surface area (Å²) in [5.74, 6) is -0.463. The van der Waals surface area contributed by atoms with Crippen molar-refractivity contribution in [3.63, 3.8) is 0 Å². The van der Waals surface area contributed by atoms with Gasteiger partial charge in [0.1, 0.15) is 0 Å². The molecule has 0 aliphatic rings. The van der Waals surface area contributed by atoms with E-state index < -0.39 is 5.91 Å². The molecule has 0 radical (unpaired) electrons. The zero-order valence-electron chi connectivity index (χ0n) is 8.81. The van der Waals surface area contributed by atoms with E-state index in [4.69, 9.17) is 33.4 Å². The normalized spacial score (nSPS) is 10.4. The van der Waals surface area contributed by atoms with Crippen LogP contribution in [0.1, 0.15) is 10.4 Å². The Morgan fingerprint density at radius 1 is 1.24 bits per heavy atom. The number of amides is 1. The molecule has 0 fully saturated rings. The van der Waals surface area contributed by atoms with Gasteiger partial charge in [-0.3, -0.25) is 4.79 Å². The lowest BCUT2D eigenvalue weighted by Gasteiger charge is -2.20. The maximum absolute atomic E-state index is 12.0. The Morgan fingerprint density at radius 3 is 2.35 bits per heavy atom. The second kappa shape index (κ2) is 6.70. The smallest absolute Gasteiger partial charge is 0.257 e. The van der Waals surface area contributed by atoms with Gasteiger partial charge in [0, 0.05) is 13.1 Å². The van der Waals surface area contributed by atoms with Gasteiger partial charge in [-0.15, -0.1) is 10.2 Å². The van der Waals surface area contributed by atoms with Gasteiger partial charge in [-0.25, -0.2) is 0 Å². The van der Waals surface area contributed by atoms with Crippen LogP contribution in [0.2, 0.25) is 10.3 Å². The summed E-state index contributed by atoms with van der Waals surface area (Å²) >= 11 is 11.3. The lowest BCUT2D eigenvalue weighted by atomic mass is 10.2. The van der Waals surface area contributed by atoms with Crippen molar-refractivity contribution in [2.75, 3.05) is 26.3 Å². The summed E-state index contributed by atoms with van der Waals surface area (Å²) in [6.45, 7) is -0.240. The molecule has 1 rings (SSSR count). The number of carbonyl (C=O) groups is 1. The molecular weight excluding hydrogens is 269 g/mol. The molecule has 0 spiro atoms. The first-order chi connectivity index (χ1) is 8.10. The predicted molar refractivity (Wildman–Crippen MR) is 62.1 cm³/mol. The summed E-state index contributed by atoms with van der Waals surface area (Å²) in [4.78, 5) is 13.2. The lowest BCUT2D eigenvalue weighted by Crippen LogP contribution is -2.36. The van der Waals surface area contributed by atoms with Gasteiger partial charge in [0.2, 0.25) is 0 Å². The SMILES string of the molecule is O=C(c1cc(Cl)nnc1Cl)N(CCO)CCO. The maximum atomic E-state index is 12.0. The Kier molecular flexibility index (Phi) is 5.57. The fraction of sp³-hybridized carbons (Fsp3) is 0.444. The van der Waals surface area contributed by atoms with Crippen LogP contribution in [0.15, 0.2) is 6.07 Å². The molecule has 1 aromatic rings. The summed E-state index contributed by atoms with van der Waals surface area (Å²) in [5.41, 5.74) is 0.0913. The number of hydrogen-bond acceptors (Lipinski definition) is 5. The third kappa shape index (κ3) is 3.78. The van der Waals surface area contributed by atoms with Crippen LogP contribution < -0.4 is 0 Å². The molecule has 0 bridgehead atoms. The van der Waals surface area contributed by atoms with E-state index in [-0.39, 0.29) is 42.2 Å². The summed E-state index contributed by atoms with van der Waals surface area (Å²) < 4.78 is 0. The van der Waals surface area contributed by atoms with Crippen LogP contribution >= 0.6 is 23.2 Å². The number of halogens is 2. The molecule has 0 atom stereocenters. The lowest BCUT2D eigenvalue weighted by molar-refractivity contribution is 0.0684. The van der Waals surface area contributed by atoms with E-state index in [1.54, 1.807) is 0 Å². The first kappa shape index (κ1) is 14.1. The molecule has 0 saturated heterocycles. The molecule has 0 aliphatic carbocycles. The fourth-order valence-corrected chi connectivity index (χ4v) is 1.55. The molecule has 2 N–H and O–H groups in total. The molecule has 17 heavy (non-hydrogen) atoms. The van der Waals surface area contributed by atoms with E-state index in [2.05, 4.69) is 10.2 Å². The van der Waals surface area contributed by atoms with E-state index in [9.17, 15) is 4.79 Å². The topological polar surface area (TPSA) is 86.6 Å². The largest absolute Gasteiger partial charge is 0.395 e. The average Bonchev–Trinajstić information content (AvgIpc) is 2.31. The number of aromatic nitrogens is 2. The Bertz CT molecular complexity index is 397. The molecule has 0 saturated carbocycles. The summed E-state index contributed by atoms with van der Waals surface area (Å²) in [5, 5.41) is 24.6. The summed E-state index contributed by atoms with van der Waals surface area (Å²) in [6.07, 6.45) is 0. The molecule has 1 heterocycles. The average molecular weight is 280 g/mol. The van der Waals surface area contributed by atoms with Gasteiger partial charge in [0.05, 0.1) is 18.8 Å². The van der Waals surface area contributed by atoms with Crippen LogP contribution in [-0.2, 0) is 0 Å². The van der Waals surface area contributed by atoms with Gasteiger partial charge < -0.3 is 15.1 Å². The molecule has 6 nitrogen and oxygen atoms in total. The van der Waals surface area contributed by atoms with E-state index >= 15 is 0 Å². The minimum Gasteiger partial charge on any atom is -0.395 e. The Hall–Kier alpha value is -0.950. The number of hydrogen-bond donors (Lipinski definition) is 2. The molecule has 1 amide bonds. The molecule has 0 aromatic carbocycles. The van der Waals surface area contributed by atoms with Gasteiger partial charge in [-0.05, 0) is 6.07 Å². The van der Waals surface area contributed by atoms with Crippen molar-refractivity contribution in [1.82, 2.24) is 15.1 Å². The number of rotatable bonds is 5. The van der Waals surface area contributed by atoms with E-state index in [0.29, 0.717) is 0 Å². The second-order valence-electron chi connectivity index (χ2n) is 3.11. The van der Waals surface area contributed by atoms with Crippen molar-refractivity contribution in [1.29, 1.82) is 0 Å². The highest BCUT2D eigenvalue weighted by Gasteiger charge is 2.19. The van der Waals surface area contributed by atoms with Crippen LogP contribution in [0.4, 0.5) is 0 Å². The number of aliphatic hydroxyl groups is 2. The number of carbonyl (C=O) groups excluding carboxylic acids is 1. The van der Waals surface area contributed by atoms with Crippen LogP contribution in [0.5, 0.6) is 0 Å². The maximum Gasteiger partial charge on any atom is 0.257 e. The number of aliphatic hydroxyl groups excluding tert-OH is 2. The van der Waals surface area contributed by atoms with E-state index in [1.165, 1.54) is 11.0 Å². The molecule has 0 aliphatic heterocycles. The first-order valence-corrected chi connectivity index (χ1v) is 5.55. The van der Waals surface area contributed by atoms with Gasteiger partial charge >= 0.3 is 0 Å². The minimum atomic E-state index is -0.463. The molecule has 94 valence electrons. The van der Waals surface area contributed by atoms with Crippen molar-refractivity contribution >= 4 is 29.1 Å². The van der Waals surface area contributed by atoms with Crippen molar-refractivity contribution in [2.45, 2.75) is 0 Å². The third-order valence-electron chi connectivity index (χ3n) is 1.98. The van der Waals surface area contributed by atoms with Gasteiger partial charge in [-0.2, -0.15) is 0 Å². The fourth-order valence-electron chi connectivity index (χ4n) is 1.23. The monoisotopic (exact) mass is 279 g/mol. The second-order valence-corrected chi connectivity index (χ2v) is 3.86. The Morgan fingerprint density at radius 2 is 1.82 bits per heavy atom. The highest BCUT2D eigenvalue weighted by Crippen LogP contribution is 2.17. The zero-order valence-corrected chi connectivity index (χ0v) is 10.3. The van der Waals surface area contributed by atoms with Crippen molar-refractivity contribution in [2.24, 2.45) is 0 Å². The van der Waals surface area contributed by atoms with Crippen molar-refractivity contribution in [3.8, 4) is 0 Å². The Labute approximate surface area is 108 Å². The predicted octanol–water partition coefficient (Wildman–Crippen LogP) is 0.210. The molecule has 1 aromatic heterocycles. The minimum absolute atomic E-state index is 0.0469. The third-order valence-corrected chi connectivity index (χ3v) is 2.44. The van der Waals surface area contributed by atoms with Gasteiger partial charge in [-0.1, -0.05) is 23.2 Å². The summed E-state index contributed by atoms with van der Waals surface area (Å²) in [7, 11) is 0. The highest BCUT2D eigenvalue weighted by atomic mass is 35.5. The molecular formula is C9H11Cl2N3O3. The van der Waals surface area contributed by atoms with Gasteiger partial charge in [0.15, 0.2) is 10.3 Å². The molecule has 0 unspecified atom stereocenters. The van der Waals surface area contributed by atoms with Crippen LogP contribution in [-0.4, -0.2) is 57.5 Å². The quantitative estimate of drug-likeness (QED) is 0.805. The van der Waals surface area contributed by atoms with Crippen LogP contribution in [0.3, 0.4) is 0 Å². The van der Waals surface area contributed by atoms with E-state index in [1.807, 2.05) is 0 Å². The van der Waals surface area contributed by atoms with Crippen LogP contribution in [0.25, 0.3) is 0 Å². The summed E-state index contributed by atoms with van der Waals surface area (Å²) in [6, 6.07) is 1.29. The highest BCUT2D eigenvalue weighted by molar-refractivity contribution is 6.34. The van der Waals surface area contributed by atoms with E-state index in [0.717, 1.165) is 0 Å². The van der Waals surface area contributed by atoms with Crippen LogP contribution in [0, 0.1) is 0 Å². The van der Waals surface area contributed by atoms with Gasteiger partial charge in [0.25, 0.3) is 5.91 Å². The number of nitrogens with zero attached hydrogens (tertiary/aromatic N) is 3. The van der Waals surface area contributed by atoms with Crippen molar-refractivity contribution < 1.29 is 15.0 Å². The first-order valence-electron chi connectivity index (χ1n) is 4.80. The molecule has 8 heteroatoms. The standard InChI is InChI=1S/C9H11Cl2N3O3/c10-7-5-6(8(11)13-12-7)9(17)14(1-3-15)2-4-16/h5,15-16H,1-4H2.